The lowest BCUT2D eigenvalue weighted by Gasteiger charge is -2.14. The number of unbranched alkanes of at least 4 members (excludes halogenated alkanes) is 1. The minimum atomic E-state index is -0.211. The monoisotopic (exact) mass is 207 g/mol. The Morgan fingerprint density at radius 1 is 1.60 bits per heavy atom. The Labute approximate surface area is 72.0 Å². The summed E-state index contributed by atoms with van der Waals surface area (Å²) in [6.07, 6.45) is 3.68. The second-order valence-electron chi connectivity index (χ2n) is 2.51. The molecule has 0 aromatic heterocycles. The Morgan fingerprint density at radius 3 is 2.60 bits per heavy atom. The summed E-state index contributed by atoms with van der Waals surface area (Å²) < 4.78 is 0. The fourth-order valence-electron chi connectivity index (χ4n) is 0.786. The van der Waals surface area contributed by atoms with Crippen LogP contribution in [0, 0.1) is 6.92 Å². The van der Waals surface area contributed by atoms with E-state index in [1.54, 1.807) is 0 Å². The van der Waals surface area contributed by atoms with Crippen molar-refractivity contribution in [2.75, 3.05) is 0 Å². The van der Waals surface area contributed by atoms with Gasteiger partial charge in [-0.05, 0) is 12.8 Å². The van der Waals surface area contributed by atoms with Crippen molar-refractivity contribution in [2.24, 2.45) is 0 Å². The number of aliphatic hydroxyl groups excluding tert-OH is 1. The number of halogens is 1. The second-order valence-corrected chi connectivity index (χ2v) is 3.69. The minimum Gasteiger partial charge on any atom is -0.392 e. The highest BCUT2D eigenvalue weighted by atomic mass is 79.9. The van der Waals surface area contributed by atoms with E-state index >= 15 is 0 Å². The van der Waals surface area contributed by atoms with Gasteiger partial charge < -0.3 is 5.11 Å². The number of hydrogen-bond donors (Lipinski definition) is 1. The van der Waals surface area contributed by atoms with Crippen LogP contribution in [0.25, 0.3) is 0 Å². The number of hydrogen-bond acceptors (Lipinski definition) is 1. The van der Waals surface area contributed by atoms with E-state index < -0.39 is 0 Å². The molecule has 0 heterocycles. The van der Waals surface area contributed by atoms with Crippen molar-refractivity contribution >= 4 is 15.9 Å². The maximum atomic E-state index is 9.36. The lowest BCUT2D eigenvalue weighted by Crippen LogP contribution is -2.19. The molecule has 0 aliphatic rings. The molecule has 0 aliphatic carbocycles. The zero-order valence-corrected chi connectivity index (χ0v) is 8.10. The molecule has 0 aliphatic heterocycles. The van der Waals surface area contributed by atoms with Gasteiger partial charge in [0.2, 0.25) is 0 Å². The van der Waals surface area contributed by atoms with Crippen LogP contribution in [-0.2, 0) is 0 Å². The molecule has 0 saturated carbocycles. The van der Waals surface area contributed by atoms with Crippen LogP contribution < -0.4 is 0 Å². The summed E-state index contributed by atoms with van der Waals surface area (Å²) in [5, 5.41) is 9.36. The highest BCUT2D eigenvalue weighted by Gasteiger charge is 2.12. The van der Waals surface area contributed by atoms with Crippen LogP contribution in [0.1, 0.15) is 32.6 Å². The Balaban J connectivity index is 3.31. The van der Waals surface area contributed by atoms with Gasteiger partial charge in [0.05, 0.1) is 6.10 Å². The van der Waals surface area contributed by atoms with E-state index in [0.717, 1.165) is 25.7 Å². The summed E-state index contributed by atoms with van der Waals surface area (Å²) in [6, 6.07) is 0. The van der Waals surface area contributed by atoms with Crippen molar-refractivity contribution in [2.45, 2.75) is 43.5 Å². The van der Waals surface area contributed by atoms with E-state index in [1.165, 1.54) is 0 Å². The lowest BCUT2D eigenvalue weighted by atomic mass is 10.1. The molecule has 2 atom stereocenters. The molecule has 10 heavy (non-hydrogen) atoms. The zero-order valence-electron chi connectivity index (χ0n) is 6.52. The molecular formula is C8H16BrO. The molecule has 0 amide bonds. The molecule has 1 N–H and O–H groups in total. The maximum Gasteiger partial charge on any atom is 0.0665 e. The van der Waals surface area contributed by atoms with E-state index in [0.29, 0.717) is 0 Å². The topological polar surface area (TPSA) is 20.2 Å². The third-order valence-electron chi connectivity index (χ3n) is 1.55. The molecule has 1 nitrogen and oxygen atoms in total. The van der Waals surface area contributed by atoms with Gasteiger partial charge >= 0.3 is 0 Å². The summed E-state index contributed by atoms with van der Waals surface area (Å²) in [7, 11) is 0. The predicted octanol–water partition coefficient (Wildman–Crippen LogP) is 2.53. The molecular weight excluding hydrogens is 192 g/mol. The van der Waals surface area contributed by atoms with Crippen molar-refractivity contribution in [3.8, 4) is 0 Å². The van der Waals surface area contributed by atoms with Gasteiger partial charge in [-0.3, -0.25) is 0 Å². The van der Waals surface area contributed by atoms with E-state index in [4.69, 9.17) is 0 Å². The van der Waals surface area contributed by atoms with E-state index in [1.807, 2.05) is 0 Å². The highest BCUT2D eigenvalue weighted by molar-refractivity contribution is 9.09. The minimum absolute atomic E-state index is 0.180. The summed E-state index contributed by atoms with van der Waals surface area (Å²) >= 11 is 3.36. The van der Waals surface area contributed by atoms with Gasteiger partial charge in [-0.15, -0.1) is 0 Å². The Kier molecular flexibility index (Phi) is 6.44. The van der Waals surface area contributed by atoms with Gasteiger partial charge in [0, 0.05) is 4.83 Å². The van der Waals surface area contributed by atoms with E-state index in [9.17, 15) is 5.11 Å². The maximum absolute atomic E-state index is 9.36. The van der Waals surface area contributed by atoms with Gasteiger partial charge in [0.25, 0.3) is 0 Å². The van der Waals surface area contributed by atoms with Crippen molar-refractivity contribution < 1.29 is 5.11 Å². The molecule has 0 fully saturated rings. The average Bonchev–Trinajstić information content (AvgIpc) is 1.98. The van der Waals surface area contributed by atoms with Crippen LogP contribution in [0.4, 0.5) is 0 Å². The first-order valence-corrected chi connectivity index (χ1v) is 4.75. The van der Waals surface area contributed by atoms with Gasteiger partial charge in [-0.25, -0.2) is 0 Å². The van der Waals surface area contributed by atoms with Gasteiger partial charge in [0.15, 0.2) is 0 Å². The van der Waals surface area contributed by atoms with Crippen LogP contribution in [0.15, 0.2) is 0 Å². The fourth-order valence-corrected chi connectivity index (χ4v) is 1.05. The number of aliphatic hydroxyl groups is 1. The van der Waals surface area contributed by atoms with Crippen molar-refractivity contribution in [3.05, 3.63) is 6.92 Å². The molecule has 1 radical (unpaired) electrons. The third-order valence-corrected chi connectivity index (χ3v) is 2.61. The van der Waals surface area contributed by atoms with Crippen LogP contribution >= 0.6 is 15.9 Å². The zero-order chi connectivity index (χ0) is 7.98. The van der Waals surface area contributed by atoms with E-state index in [2.05, 4.69) is 29.8 Å². The Bertz CT molecular complexity index is 75.7. The Morgan fingerprint density at radius 2 is 2.20 bits per heavy atom. The molecule has 0 rings (SSSR count). The molecule has 61 valence electrons. The van der Waals surface area contributed by atoms with E-state index in [-0.39, 0.29) is 10.9 Å². The first kappa shape index (κ1) is 10.4. The molecule has 0 bridgehead atoms. The highest BCUT2D eigenvalue weighted by Crippen LogP contribution is 2.14. The number of alkyl halides is 1. The molecule has 0 saturated heterocycles. The standard InChI is InChI=1S/C8H16BrO/c1-3-5-6-8(10)7(9)4-2/h7-8,10H,2-6H2,1H3. The lowest BCUT2D eigenvalue weighted by molar-refractivity contribution is 0.160. The van der Waals surface area contributed by atoms with Crippen LogP contribution in [0.2, 0.25) is 0 Å². The first-order valence-electron chi connectivity index (χ1n) is 3.83. The molecule has 0 aromatic carbocycles. The summed E-state index contributed by atoms with van der Waals surface area (Å²) in [6.45, 7) is 5.83. The largest absolute Gasteiger partial charge is 0.392 e. The molecule has 2 unspecified atom stereocenters. The van der Waals surface area contributed by atoms with Gasteiger partial charge in [-0.2, -0.15) is 0 Å². The Hall–Kier alpha value is 0.440. The summed E-state index contributed by atoms with van der Waals surface area (Å²) in [5.74, 6) is 0. The van der Waals surface area contributed by atoms with Crippen LogP contribution in [-0.4, -0.2) is 16.0 Å². The quantitative estimate of drug-likeness (QED) is 0.688. The van der Waals surface area contributed by atoms with Crippen molar-refractivity contribution in [1.29, 1.82) is 0 Å². The summed E-state index contributed by atoms with van der Waals surface area (Å²) in [4.78, 5) is 0.180. The van der Waals surface area contributed by atoms with Crippen molar-refractivity contribution in [1.82, 2.24) is 0 Å². The average molecular weight is 208 g/mol. The number of rotatable bonds is 5. The summed E-state index contributed by atoms with van der Waals surface area (Å²) in [5.41, 5.74) is 0. The third kappa shape index (κ3) is 4.29. The second kappa shape index (κ2) is 6.17. The normalized spacial score (nSPS) is 16.8. The predicted molar refractivity (Wildman–Crippen MR) is 48.2 cm³/mol. The van der Waals surface area contributed by atoms with Crippen LogP contribution in [0.5, 0.6) is 0 Å². The van der Waals surface area contributed by atoms with Gasteiger partial charge in [-0.1, -0.05) is 42.6 Å². The van der Waals surface area contributed by atoms with Crippen LogP contribution in [0.3, 0.4) is 0 Å². The SMILES string of the molecule is [CH2]CC(Br)C(O)CCCC. The van der Waals surface area contributed by atoms with Crippen molar-refractivity contribution in [3.63, 3.8) is 0 Å². The van der Waals surface area contributed by atoms with Gasteiger partial charge in [0.1, 0.15) is 0 Å². The fraction of sp³-hybridized carbons (Fsp3) is 0.875. The molecule has 0 aromatic rings. The molecule has 0 spiro atoms. The smallest absolute Gasteiger partial charge is 0.0665 e. The first-order chi connectivity index (χ1) is 4.72. The molecule has 2 heteroatoms.